The van der Waals surface area contributed by atoms with Gasteiger partial charge in [0.25, 0.3) is 5.56 Å². The van der Waals surface area contributed by atoms with Crippen molar-refractivity contribution in [3.05, 3.63) is 59.0 Å². The minimum absolute atomic E-state index is 0.0439. The molecule has 2 aromatic rings. The standard InChI is InChI=1S/C17H20N4O2/c22-16(13-21-17(23)9-4-10-19-21)18-12-15-8-5-11-20(15)14-6-2-1-3-7-14/h1-4,6-7,9-10,15H,5,8,11-13H2,(H,18,22). The lowest BCUT2D eigenvalue weighted by molar-refractivity contribution is -0.121. The second kappa shape index (κ2) is 7.09. The van der Waals surface area contributed by atoms with E-state index in [2.05, 4.69) is 27.4 Å². The maximum absolute atomic E-state index is 12.0. The maximum Gasteiger partial charge on any atom is 0.267 e. The Kier molecular flexibility index (Phi) is 4.71. The van der Waals surface area contributed by atoms with E-state index in [1.807, 2.05) is 18.2 Å². The van der Waals surface area contributed by atoms with Gasteiger partial charge in [0, 0.05) is 37.1 Å². The molecule has 1 unspecified atom stereocenters. The second-order valence-electron chi connectivity index (χ2n) is 5.65. The summed E-state index contributed by atoms with van der Waals surface area (Å²) in [7, 11) is 0. The van der Waals surface area contributed by atoms with Gasteiger partial charge in [0.2, 0.25) is 5.91 Å². The van der Waals surface area contributed by atoms with E-state index in [1.54, 1.807) is 6.07 Å². The molecule has 0 spiro atoms. The average Bonchev–Trinajstić information content (AvgIpc) is 3.04. The van der Waals surface area contributed by atoms with Crippen LogP contribution in [0.4, 0.5) is 5.69 Å². The predicted molar refractivity (Wildman–Crippen MR) is 88.3 cm³/mol. The van der Waals surface area contributed by atoms with Crippen LogP contribution >= 0.6 is 0 Å². The van der Waals surface area contributed by atoms with E-state index < -0.39 is 0 Å². The van der Waals surface area contributed by atoms with Gasteiger partial charge in [0.15, 0.2) is 0 Å². The lowest BCUT2D eigenvalue weighted by Gasteiger charge is -2.27. The molecule has 0 radical (unpaired) electrons. The Balaban J connectivity index is 1.56. The van der Waals surface area contributed by atoms with Gasteiger partial charge in [0.1, 0.15) is 6.54 Å². The number of rotatable bonds is 5. The highest BCUT2D eigenvalue weighted by atomic mass is 16.2. The Hall–Kier alpha value is -2.63. The van der Waals surface area contributed by atoms with Crippen LogP contribution in [0.2, 0.25) is 0 Å². The monoisotopic (exact) mass is 312 g/mol. The van der Waals surface area contributed by atoms with Crippen LogP contribution < -0.4 is 15.8 Å². The van der Waals surface area contributed by atoms with Gasteiger partial charge >= 0.3 is 0 Å². The molecule has 6 nitrogen and oxygen atoms in total. The number of carbonyl (C=O) groups excluding carboxylic acids is 1. The van der Waals surface area contributed by atoms with Crippen LogP contribution in [0.3, 0.4) is 0 Å². The van der Waals surface area contributed by atoms with Gasteiger partial charge in [-0.25, -0.2) is 4.68 Å². The van der Waals surface area contributed by atoms with E-state index in [-0.39, 0.29) is 18.0 Å². The van der Waals surface area contributed by atoms with Crippen molar-refractivity contribution in [1.82, 2.24) is 15.1 Å². The number of anilines is 1. The molecule has 1 aliphatic rings. The molecule has 0 aliphatic carbocycles. The molecular formula is C17H20N4O2. The molecule has 1 N–H and O–H groups in total. The molecule has 120 valence electrons. The Bertz CT molecular complexity index is 714. The number of hydrogen-bond donors (Lipinski definition) is 1. The van der Waals surface area contributed by atoms with Crippen LogP contribution in [-0.4, -0.2) is 34.8 Å². The van der Waals surface area contributed by atoms with Crippen molar-refractivity contribution in [2.75, 3.05) is 18.0 Å². The number of nitrogens with one attached hydrogen (secondary N) is 1. The first-order valence-corrected chi connectivity index (χ1v) is 7.84. The number of aromatic nitrogens is 2. The van der Waals surface area contributed by atoms with Gasteiger partial charge in [-0.2, -0.15) is 5.10 Å². The molecule has 1 aromatic carbocycles. The fourth-order valence-electron chi connectivity index (χ4n) is 2.94. The maximum atomic E-state index is 12.0. The Morgan fingerprint density at radius 1 is 1.22 bits per heavy atom. The van der Waals surface area contributed by atoms with Crippen LogP contribution in [0.25, 0.3) is 0 Å². The minimum atomic E-state index is -0.269. The summed E-state index contributed by atoms with van der Waals surface area (Å²) in [5.74, 6) is -0.189. The van der Waals surface area contributed by atoms with Crippen LogP contribution in [0.5, 0.6) is 0 Å². The predicted octanol–water partition coefficient (Wildman–Crippen LogP) is 1.03. The minimum Gasteiger partial charge on any atom is -0.367 e. The third-order valence-corrected chi connectivity index (χ3v) is 4.08. The molecule has 6 heteroatoms. The third kappa shape index (κ3) is 3.77. The van der Waals surface area contributed by atoms with Crippen LogP contribution in [0.1, 0.15) is 12.8 Å². The van der Waals surface area contributed by atoms with Crippen molar-refractivity contribution in [3.8, 4) is 0 Å². The molecule has 2 heterocycles. The van der Waals surface area contributed by atoms with Crippen molar-refractivity contribution in [1.29, 1.82) is 0 Å². The topological polar surface area (TPSA) is 67.2 Å². The molecule has 3 rings (SSSR count). The summed E-state index contributed by atoms with van der Waals surface area (Å²) >= 11 is 0. The highest BCUT2D eigenvalue weighted by Gasteiger charge is 2.24. The molecule has 1 amide bonds. The zero-order chi connectivity index (χ0) is 16.1. The van der Waals surface area contributed by atoms with Crippen molar-refractivity contribution in [2.45, 2.75) is 25.4 Å². The molecule has 1 aromatic heterocycles. The number of carbonyl (C=O) groups is 1. The average molecular weight is 312 g/mol. The Morgan fingerprint density at radius 2 is 2.04 bits per heavy atom. The SMILES string of the molecule is O=C(Cn1ncccc1=O)NCC1CCCN1c1ccccc1. The lowest BCUT2D eigenvalue weighted by atomic mass is 10.2. The van der Waals surface area contributed by atoms with Crippen molar-refractivity contribution >= 4 is 11.6 Å². The van der Waals surface area contributed by atoms with Crippen LogP contribution in [0, 0.1) is 0 Å². The summed E-state index contributed by atoms with van der Waals surface area (Å²) in [6.07, 6.45) is 3.68. The molecule has 1 aliphatic heterocycles. The van der Waals surface area contributed by atoms with Gasteiger partial charge in [-0.3, -0.25) is 9.59 Å². The number of benzene rings is 1. The summed E-state index contributed by atoms with van der Waals surface area (Å²) in [5.41, 5.74) is 0.916. The quantitative estimate of drug-likeness (QED) is 0.895. The number of nitrogens with zero attached hydrogens (tertiary/aromatic N) is 3. The first kappa shape index (κ1) is 15.3. The van der Waals surface area contributed by atoms with Gasteiger partial charge in [-0.1, -0.05) is 18.2 Å². The van der Waals surface area contributed by atoms with Gasteiger partial charge in [0.05, 0.1) is 0 Å². The van der Waals surface area contributed by atoms with Crippen molar-refractivity contribution in [2.24, 2.45) is 0 Å². The van der Waals surface area contributed by atoms with Gasteiger partial charge in [-0.15, -0.1) is 0 Å². The van der Waals surface area contributed by atoms with E-state index in [0.29, 0.717) is 12.6 Å². The lowest BCUT2D eigenvalue weighted by Crippen LogP contribution is -2.42. The molecule has 23 heavy (non-hydrogen) atoms. The summed E-state index contributed by atoms with van der Waals surface area (Å²) in [6.45, 7) is 1.54. The number of hydrogen-bond acceptors (Lipinski definition) is 4. The Labute approximate surface area is 134 Å². The van der Waals surface area contributed by atoms with E-state index in [1.165, 1.54) is 22.6 Å². The van der Waals surface area contributed by atoms with Crippen LogP contribution in [0.15, 0.2) is 53.5 Å². The molecule has 1 fully saturated rings. The number of para-hydroxylation sites is 1. The smallest absolute Gasteiger partial charge is 0.267 e. The fourth-order valence-corrected chi connectivity index (χ4v) is 2.94. The van der Waals surface area contributed by atoms with Crippen molar-refractivity contribution in [3.63, 3.8) is 0 Å². The Morgan fingerprint density at radius 3 is 2.83 bits per heavy atom. The molecule has 0 bridgehead atoms. The summed E-state index contributed by atoms with van der Waals surface area (Å²) < 4.78 is 1.17. The van der Waals surface area contributed by atoms with E-state index >= 15 is 0 Å². The number of amides is 1. The molecule has 1 atom stereocenters. The first-order chi connectivity index (χ1) is 11.2. The zero-order valence-electron chi connectivity index (χ0n) is 12.9. The second-order valence-corrected chi connectivity index (χ2v) is 5.65. The van der Waals surface area contributed by atoms with Gasteiger partial charge < -0.3 is 10.2 Å². The molecular weight excluding hydrogens is 292 g/mol. The summed E-state index contributed by atoms with van der Waals surface area (Å²) in [4.78, 5) is 25.9. The summed E-state index contributed by atoms with van der Waals surface area (Å²) in [5, 5.41) is 6.81. The van der Waals surface area contributed by atoms with Crippen LogP contribution in [-0.2, 0) is 11.3 Å². The first-order valence-electron chi connectivity index (χ1n) is 7.84. The highest BCUT2D eigenvalue weighted by Crippen LogP contribution is 2.24. The zero-order valence-corrected chi connectivity index (χ0v) is 12.9. The molecule has 0 saturated carbocycles. The normalized spacial score (nSPS) is 17.2. The molecule has 1 saturated heterocycles. The third-order valence-electron chi connectivity index (χ3n) is 4.08. The van der Waals surface area contributed by atoms with Gasteiger partial charge in [-0.05, 0) is 31.0 Å². The van der Waals surface area contributed by atoms with Crippen molar-refractivity contribution < 1.29 is 4.79 Å². The van der Waals surface area contributed by atoms with E-state index in [4.69, 9.17) is 0 Å². The largest absolute Gasteiger partial charge is 0.367 e. The fraction of sp³-hybridized carbons (Fsp3) is 0.353. The van der Waals surface area contributed by atoms with E-state index in [9.17, 15) is 9.59 Å². The summed E-state index contributed by atoms with van der Waals surface area (Å²) in [6, 6.07) is 13.5. The van der Waals surface area contributed by atoms with E-state index in [0.717, 1.165) is 19.4 Å². The highest BCUT2D eigenvalue weighted by molar-refractivity contribution is 5.75.